The van der Waals surface area contributed by atoms with Crippen LogP contribution in [-0.2, 0) is 0 Å². The van der Waals surface area contributed by atoms with Crippen LogP contribution in [0.3, 0.4) is 0 Å². The van der Waals surface area contributed by atoms with Gasteiger partial charge in [-0.25, -0.2) is 4.98 Å². The highest BCUT2D eigenvalue weighted by Crippen LogP contribution is 2.36. The normalized spacial score (nSPS) is 13.3. The average Bonchev–Trinajstić information content (AvgIpc) is 3.53. The van der Waals surface area contributed by atoms with Crippen molar-refractivity contribution >= 4 is 39.3 Å². The number of hydrogen-bond acceptors (Lipinski definition) is 6. The molecule has 5 aromatic rings. The molecule has 0 radical (unpaired) electrons. The van der Waals surface area contributed by atoms with Crippen LogP contribution in [0.2, 0.25) is 0 Å². The quantitative estimate of drug-likeness (QED) is 0.194. The summed E-state index contributed by atoms with van der Waals surface area (Å²) >= 11 is 1.08. The van der Waals surface area contributed by atoms with Gasteiger partial charge in [-0.15, -0.1) is 11.3 Å². The number of imidazole rings is 1. The average molecular weight is 523 g/mol. The van der Waals surface area contributed by atoms with E-state index in [9.17, 15) is 4.39 Å². The zero-order valence-electron chi connectivity index (χ0n) is 21.0. The molecule has 0 amide bonds. The number of hydrogen-bond donors (Lipinski definition) is 3. The Kier molecular flexibility index (Phi) is 6.25. The van der Waals surface area contributed by atoms with Crippen LogP contribution < -0.4 is 10.6 Å². The van der Waals surface area contributed by atoms with Crippen molar-refractivity contribution in [3.8, 4) is 21.6 Å². The number of aromatic amines is 1. The Morgan fingerprint density at radius 2 is 1.87 bits per heavy atom. The summed E-state index contributed by atoms with van der Waals surface area (Å²) in [5, 5.41) is 6.47. The number of thiophene rings is 1. The highest BCUT2D eigenvalue weighted by Gasteiger charge is 2.21. The Morgan fingerprint density at radius 3 is 2.61 bits per heavy atom. The molecule has 1 aromatic carbocycles. The molecule has 3 N–H and O–H groups in total. The second-order valence-corrected chi connectivity index (χ2v) is 10.5. The van der Waals surface area contributed by atoms with E-state index in [0.29, 0.717) is 11.7 Å². The predicted octanol–water partition coefficient (Wildman–Crippen LogP) is 7.72. The Hall–Kier alpha value is -4.30. The molecule has 6 nitrogen and oxygen atoms in total. The molecule has 1 aliphatic carbocycles. The molecule has 8 heteroatoms. The number of benzene rings is 1. The first-order valence-corrected chi connectivity index (χ1v) is 13.3. The lowest BCUT2D eigenvalue weighted by Gasteiger charge is -2.28. The maximum atomic E-state index is 13.7. The largest absolute Gasteiger partial charge is 0.388 e. The number of nitrogens with one attached hydrogen (secondary N) is 3. The molecular weight excluding hydrogens is 495 g/mol. The van der Waals surface area contributed by atoms with Crippen LogP contribution in [0.1, 0.15) is 30.7 Å². The fraction of sp³-hybridized carbons (Fsp3) is 0.167. The standard InChI is InChI=1S/C30H27FN6S/c1-17(30-36-26-16-34-15-24(29(26)37-30)27-9-10-28(31)38-27)23-12-20(7-8-25(23)32-3)21-11-22(14-33-13-21)35-18(2)19-5-4-6-19/h7-16,19,32,35H,1-2,4-6H2,3H3,(H,36,37). The lowest BCUT2D eigenvalue weighted by Crippen LogP contribution is -2.18. The maximum Gasteiger partial charge on any atom is 0.176 e. The van der Waals surface area contributed by atoms with Crippen LogP contribution in [0.15, 0.2) is 80.0 Å². The van der Waals surface area contributed by atoms with Crippen LogP contribution in [-0.4, -0.2) is 27.0 Å². The van der Waals surface area contributed by atoms with Gasteiger partial charge >= 0.3 is 0 Å². The molecule has 0 saturated heterocycles. The van der Waals surface area contributed by atoms with Crippen molar-refractivity contribution in [3.63, 3.8) is 0 Å². The first kappa shape index (κ1) is 24.1. The number of allylic oxidation sites excluding steroid dienone is 1. The van der Waals surface area contributed by atoms with E-state index in [1.165, 1.54) is 25.3 Å². The van der Waals surface area contributed by atoms with Crippen molar-refractivity contribution in [3.05, 3.63) is 96.6 Å². The summed E-state index contributed by atoms with van der Waals surface area (Å²) in [7, 11) is 1.88. The third-order valence-electron chi connectivity index (χ3n) is 7.11. The smallest absolute Gasteiger partial charge is 0.176 e. The molecular formula is C30H27FN6S. The Balaban J connectivity index is 1.34. The summed E-state index contributed by atoms with van der Waals surface area (Å²) in [5.74, 6) is 1.17. The lowest BCUT2D eigenvalue weighted by molar-refractivity contribution is 0.371. The van der Waals surface area contributed by atoms with E-state index in [-0.39, 0.29) is 5.13 Å². The van der Waals surface area contributed by atoms with Crippen molar-refractivity contribution in [1.29, 1.82) is 0 Å². The van der Waals surface area contributed by atoms with Gasteiger partial charge in [0.25, 0.3) is 0 Å². The second kappa shape index (κ2) is 9.87. The number of nitrogens with zero attached hydrogens (tertiary/aromatic N) is 3. The van der Waals surface area contributed by atoms with Gasteiger partial charge in [-0.1, -0.05) is 25.6 Å². The lowest BCUT2D eigenvalue weighted by atomic mass is 9.83. The van der Waals surface area contributed by atoms with Crippen LogP contribution in [0, 0.1) is 11.0 Å². The highest BCUT2D eigenvalue weighted by molar-refractivity contribution is 7.14. The van der Waals surface area contributed by atoms with Crippen LogP contribution in [0.25, 0.3) is 38.2 Å². The highest BCUT2D eigenvalue weighted by atomic mass is 32.1. The third kappa shape index (κ3) is 4.48. The minimum atomic E-state index is -0.242. The first-order valence-electron chi connectivity index (χ1n) is 12.5. The zero-order valence-corrected chi connectivity index (χ0v) is 21.8. The van der Waals surface area contributed by atoms with Gasteiger partial charge in [-0.3, -0.25) is 9.97 Å². The topological polar surface area (TPSA) is 78.5 Å². The molecule has 190 valence electrons. The number of pyridine rings is 2. The van der Waals surface area contributed by atoms with Crippen molar-refractivity contribution < 1.29 is 4.39 Å². The summed E-state index contributed by atoms with van der Waals surface area (Å²) in [6.45, 7) is 8.60. The molecule has 0 atom stereocenters. The van der Waals surface area contributed by atoms with Gasteiger partial charge in [0.05, 0.1) is 23.6 Å². The van der Waals surface area contributed by atoms with E-state index in [1.807, 2.05) is 25.5 Å². The molecule has 0 aliphatic heterocycles. The minimum absolute atomic E-state index is 0.242. The minimum Gasteiger partial charge on any atom is -0.388 e. The van der Waals surface area contributed by atoms with Gasteiger partial charge in [0.1, 0.15) is 11.3 Å². The Bertz CT molecular complexity index is 1680. The fourth-order valence-electron chi connectivity index (χ4n) is 4.74. The molecule has 1 saturated carbocycles. The summed E-state index contributed by atoms with van der Waals surface area (Å²) in [4.78, 5) is 17.8. The van der Waals surface area contributed by atoms with Gasteiger partial charge in [-0.2, -0.15) is 4.39 Å². The summed E-state index contributed by atoms with van der Waals surface area (Å²) in [6.07, 6.45) is 10.8. The van der Waals surface area contributed by atoms with E-state index in [1.54, 1.807) is 18.5 Å². The van der Waals surface area contributed by atoms with Crippen molar-refractivity contribution in [1.82, 2.24) is 19.9 Å². The number of fused-ring (bicyclic) bond motifs is 1. The predicted molar refractivity (Wildman–Crippen MR) is 155 cm³/mol. The molecule has 6 rings (SSSR count). The number of rotatable bonds is 8. The molecule has 0 spiro atoms. The van der Waals surface area contributed by atoms with Gasteiger partial charge in [0, 0.05) is 58.0 Å². The molecule has 0 bridgehead atoms. The number of aromatic nitrogens is 4. The van der Waals surface area contributed by atoms with Gasteiger partial charge in [0.15, 0.2) is 5.13 Å². The molecule has 4 aromatic heterocycles. The van der Waals surface area contributed by atoms with Crippen molar-refractivity contribution in [2.24, 2.45) is 5.92 Å². The zero-order chi connectivity index (χ0) is 26.2. The van der Waals surface area contributed by atoms with E-state index in [4.69, 9.17) is 4.98 Å². The fourth-order valence-corrected chi connectivity index (χ4v) is 5.49. The monoisotopic (exact) mass is 522 g/mol. The maximum absolute atomic E-state index is 13.7. The Labute approximate surface area is 224 Å². The summed E-state index contributed by atoms with van der Waals surface area (Å²) in [5.41, 5.74) is 8.85. The second-order valence-electron chi connectivity index (χ2n) is 9.50. The van der Waals surface area contributed by atoms with Crippen LogP contribution in [0.5, 0.6) is 0 Å². The van der Waals surface area contributed by atoms with Gasteiger partial charge < -0.3 is 15.6 Å². The van der Waals surface area contributed by atoms with E-state index < -0.39 is 0 Å². The van der Waals surface area contributed by atoms with E-state index >= 15 is 0 Å². The van der Waals surface area contributed by atoms with E-state index in [0.717, 1.165) is 72.1 Å². The van der Waals surface area contributed by atoms with Crippen molar-refractivity contribution in [2.75, 3.05) is 17.7 Å². The van der Waals surface area contributed by atoms with Gasteiger partial charge in [0.2, 0.25) is 0 Å². The number of H-pyrrole nitrogens is 1. The SMILES string of the molecule is C=C(c1nc2c(-c3ccc(F)s3)cncc2[nH]1)c1cc(-c2cncc(NC(=C)C3CCC3)c2)ccc1NC. The Morgan fingerprint density at radius 1 is 1.03 bits per heavy atom. The third-order valence-corrected chi connectivity index (χ3v) is 8.01. The van der Waals surface area contributed by atoms with Crippen LogP contribution in [0.4, 0.5) is 15.8 Å². The molecule has 1 fully saturated rings. The summed E-state index contributed by atoms with van der Waals surface area (Å²) < 4.78 is 13.7. The molecule has 4 heterocycles. The molecule has 38 heavy (non-hydrogen) atoms. The van der Waals surface area contributed by atoms with Crippen LogP contribution >= 0.6 is 11.3 Å². The van der Waals surface area contributed by atoms with Crippen molar-refractivity contribution in [2.45, 2.75) is 19.3 Å². The van der Waals surface area contributed by atoms with E-state index in [2.05, 4.69) is 56.9 Å². The summed E-state index contributed by atoms with van der Waals surface area (Å²) in [6, 6.07) is 11.5. The first-order chi connectivity index (χ1) is 18.5. The number of anilines is 2. The number of halogens is 1. The molecule has 0 unspecified atom stereocenters. The molecule has 1 aliphatic rings. The van der Waals surface area contributed by atoms with Gasteiger partial charge in [-0.05, 0) is 54.7 Å².